The SMILES string of the molecule is C[C@@H](F)CCN1CC[S@](=O)CC1(C)C. The van der Waals surface area contributed by atoms with Crippen LogP contribution in [0, 0.1) is 0 Å². The Morgan fingerprint density at radius 2 is 2.21 bits per heavy atom. The van der Waals surface area contributed by atoms with Gasteiger partial charge in [-0.05, 0) is 27.2 Å². The molecule has 1 aliphatic heterocycles. The molecule has 0 aliphatic carbocycles. The van der Waals surface area contributed by atoms with Crippen LogP contribution >= 0.6 is 0 Å². The second kappa shape index (κ2) is 4.71. The zero-order chi connectivity index (χ0) is 10.8. The first-order valence-electron chi connectivity index (χ1n) is 5.16. The van der Waals surface area contributed by atoms with Crippen LogP contribution in [0.1, 0.15) is 27.2 Å². The Hall–Kier alpha value is 0.0400. The standard InChI is InChI=1S/C10H20FNOS/c1-9(11)4-5-12-6-7-14(13)8-10(12,2)3/h9H,4-8H2,1-3H3/t9-,14+/m1/s1. The van der Waals surface area contributed by atoms with Crippen molar-refractivity contribution in [2.45, 2.75) is 38.9 Å². The first-order valence-corrected chi connectivity index (χ1v) is 6.65. The number of nitrogens with zero attached hydrogens (tertiary/aromatic N) is 1. The highest BCUT2D eigenvalue weighted by atomic mass is 32.2. The topological polar surface area (TPSA) is 20.3 Å². The van der Waals surface area contributed by atoms with Gasteiger partial charge in [-0.15, -0.1) is 0 Å². The maximum Gasteiger partial charge on any atom is 0.0985 e. The van der Waals surface area contributed by atoms with E-state index in [2.05, 4.69) is 18.7 Å². The fraction of sp³-hybridized carbons (Fsp3) is 1.00. The average Bonchev–Trinajstić information content (AvgIpc) is 2.00. The highest BCUT2D eigenvalue weighted by Gasteiger charge is 2.32. The highest BCUT2D eigenvalue weighted by molar-refractivity contribution is 7.85. The van der Waals surface area contributed by atoms with Crippen molar-refractivity contribution in [2.24, 2.45) is 0 Å². The Balaban J connectivity index is 2.47. The van der Waals surface area contributed by atoms with Crippen molar-refractivity contribution < 1.29 is 8.60 Å². The van der Waals surface area contributed by atoms with E-state index in [0.717, 1.165) is 18.8 Å². The lowest BCUT2D eigenvalue weighted by molar-refractivity contribution is 0.128. The van der Waals surface area contributed by atoms with Crippen molar-refractivity contribution in [3.8, 4) is 0 Å². The molecule has 0 aromatic rings. The summed E-state index contributed by atoms with van der Waals surface area (Å²) in [5, 5.41) is 0. The van der Waals surface area contributed by atoms with E-state index >= 15 is 0 Å². The van der Waals surface area contributed by atoms with Crippen LogP contribution in [0.3, 0.4) is 0 Å². The first kappa shape index (κ1) is 12.1. The van der Waals surface area contributed by atoms with Crippen molar-refractivity contribution in [1.29, 1.82) is 0 Å². The molecule has 0 N–H and O–H groups in total. The molecule has 0 aromatic heterocycles. The predicted octanol–water partition coefficient (Wildman–Crippen LogP) is 1.58. The monoisotopic (exact) mass is 221 g/mol. The number of halogens is 1. The minimum Gasteiger partial charge on any atom is -0.296 e. The largest absolute Gasteiger partial charge is 0.296 e. The summed E-state index contributed by atoms with van der Waals surface area (Å²) in [6.07, 6.45) is -0.158. The smallest absolute Gasteiger partial charge is 0.0985 e. The lowest BCUT2D eigenvalue weighted by Crippen LogP contribution is -2.54. The van der Waals surface area contributed by atoms with Crippen molar-refractivity contribution in [1.82, 2.24) is 4.90 Å². The lowest BCUT2D eigenvalue weighted by Gasteiger charge is -2.42. The number of hydrogen-bond acceptors (Lipinski definition) is 2. The summed E-state index contributed by atoms with van der Waals surface area (Å²) in [4.78, 5) is 2.25. The van der Waals surface area contributed by atoms with Crippen LogP contribution in [0.4, 0.5) is 4.39 Å². The molecule has 0 amide bonds. The Morgan fingerprint density at radius 3 is 2.71 bits per heavy atom. The number of rotatable bonds is 3. The number of hydrogen-bond donors (Lipinski definition) is 0. The molecule has 1 rings (SSSR count). The minimum absolute atomic E-state index is 0.0298. The third kappa shape index (κ3) is 3.31. The molecule has 4 heteroatoms. The molecule has 1 aliphatic rings. The van der Waals surface area contributed by atoms with E-state index in [4.69, 9.17) is 0 Å². The van der Waals surface area contributed by atoms with Gasteiger partial charge in [-0.3, -0.25) is 9.11 Å². The van der Waals surface area contributed by atoms with Crippen LogP contribution in [-0.2, 0) is 10.8 Å². The molecule has 0 unspecified atom stereocenters. The van der Waals surface area contributed by atoms with Crippen molar-refractivity contribution >= 4 is 10.8 Å². The van der Waals surface area contributed by atoms with Crippen molar-refractivity contribution in [3.63, 3.8) is 0 Å². The lowest BCUT2D eigenvalue weighted by atomic mass is 10.0. The molecule has 2 atom stereocenters. The molecular formula is C10H20FNOS. The zero-order valence-corrected chi connectivity index (χ0v) is 10.1. The zero-order valence-electron chi connectivity index (χ0n) is 9.25. The van der Waals surface area contributed by atoms with Gasteiger partial charge in [0, 0.05) is 40.9 Å². The van der Waals surface area contributed by atoms with E-state index in [-0.39, 0.29) is 5.54 Å². The molecule has 0 radical (unpaired) electrons. The summed E-state index contributed by atoms with van der Waals surface area (Å²) in [7, 11) is -0.680. The summed E-state index contributed by atoms with van der Waals surface area (Å²) < 4.78 is 24.1. The summed E-state index contributed by atoms with van der Waals surface area (Å²) in [6, 6.07) is 0. The van der Waals surface area contributed by atoms with Crippen LogP contribution in [0.2, 0.25) is 0 Å². The van der Waals surface area contributed by atoms with Gasteiger partial charge in [-0.25, -0.2) is 4.39 Å². The summed E-state index contributed by atoms with van der Waals surface area (Å²) in [6.45, 7) is 7.39. The molecule has 0 spiro atoms. The predicted molar refractivity (Wildman–Crippen MR) is 58.7 cm³/mol. The fourth-order valence-electron chi connectivity index (χ4n) is 1.82. The molecule has 0 bridgehead atoms. The molecule has 0 aromatic carbocycles. The van der Waals surface area contributed by atoms with Crippen molar-refractivity contribution in [3.05, 3.63) is 0 Å². The van der Waals surface area contributed by atoms with Crippen LogP contribution < -0.4 is 0 Å². The minimum atomic E-state index is -0.738. The van der Waals surface area contributed by atoms with Gasteiger partial charge in [-0.2, -0.15) is 0 Å². The molecule has 14 heavy (non-hydrogen) atoms. The van der Waals surface area contributed by atoms with Crippen LogP contribution in [0.5, 0.6) is 0 Å². The van der Waals surface area contributed by atoms with Gasteiger partial charge in [0.25, 0.3) is 0 Å². The van der Waals surface area contributed by atoms with E-state index in [0.29, 0.717) is 12.2 Å². The van der Waals surface area contributed by atoms with Crippen LogP contribution in [0.25, 0.3) is 0 Å². The van der Waals surface area contributed by atoms with Crippen LogP contribution in [0.15, 0.2) is 0 Å². The Bertz CT molecular complexity index is 218. The second-order valence-electron chi connectivity index (χ2n) is 4.66. The summed E-state index contributed by atoms with van der Waals surface area (Å²) >= 11 is 0. The van der Waals surface area contributed by atoms with Gasteiger partial charge >= 0.3 is 0 Å². The van der Waals surface area contributed by atoms with Crippen molar-refractivity contribution in [2.75, 3.05) is 24.6 Å². The fourth-order valence-corrected chi connectivity index (χ4v) is 3.36. The average molecular weight is 221 g/mol. The van der Waals surface area contributed by atoms with Gasteiger partial charge in [0.1, 0.15) is 0 Å². The molecule has 1 fully saturated rings. The van der Waals surface area contributed by atoms with E-state index < -0.39 is 17.0 Å². The molecule has 0 saturated carbocycles. The first-order chi connectivity index (χ1) is 6.42. The maximum absolute atomic E-state index is 12.7. The Morgan fingerprint density at radius 1 is 1.57 bits per heavy atom. The third-order valence-corrected chi connectivity index (χ3v) is 4.42. The molecular weight excluding hydrogens is 201 g/mol. The molecule has 2 nitrogen and oxygen atoms in total. The second-order valence-corrected chi connectivity index (χ2v) is 6.23. The van der Waals surface area contributed by atoms with E-state index in [1.54, 1.807) is 6.92 Å². The molecule has 1 heterocycles. The highest BCUT2D eigenvalue weighted by Crippen LogP contribution is 2.21. The Labute approximate surface area is 88.3 Å². The van der Waals surface area contributed by atoms with E-state index in [9.17, 15) is 8.60 Å². The third-order valence-electron chi connectivity index (χ3n) is 2.76. The number of alkyl halides is 1. The Kier molecular flexibility index (Phi) is 4.07. The molecule has 1 saturated heterocycles. The van der Waals surface area contributed by atoms with Gasteiger partial charge in [0.05, 0.1) is 6.17 Å². The van der Waals surface area contributed by atoms with Gasteiger partial charge in [0.15, 0.2) is 0 Å². The van der Waals surface area contributed by atoms with Gasteiger partial charge in [0.2, 0.25) is 0 Å². The normalized spacial score (nSPS) is 30.1. The van der Waals surface area contributed by atoms with Gasteiger partial charge < -0.3 is 0 Å². The quantitative estimate of drug-likeness (QED) is 0.721. The van der Waals surface area contributed by atoms with Crippen LogP contribution in [-0.4, -0.2) is 45.4 Å². The van der Waals surface area contributed by atoms with Gasteiger partial charge in [-0.1, -0.05) is 0 Å². The maximum atomic E-state index is 12.7. The van der Waals surface area contributed by atoms with E-state index in [1.165, 1.54) is 0 Å². The summed E-state index contributed by atoms with van der Waals surface area (Å²) in [5.41, 5.74) is -0.0298. The molecule has 84 valence electrons. The van der Waals surface area contributed by atoms with E-state index in [1.807, 2.05) is 0 Å². The summed E-state index contributed by atoms with van der Waals surface area (Å²) in [5.74, 6) is 1.46.